The zero-order valence-corrected chi connectivity index (χ0v) is 20.2. The molecule has 1 N–H and O–H groups in total. The smallest absolute Gasteiger partial charge is 0.331 e. The molecule has 1 heterocycles. The number of carbonyl (C=O) groups excluding carboxylic acids is 2. The third-order valence-corrected chi connectivity index (χ3v) is 5.45. The average molecular weight is 491 g/mol. The molecule has 0 radical (unpaired) electrons. The molecule has 0 saturated heterocycles. The average Bonchev–Trinajstić information content (AvgIpc) is 3.26. The number of esters is 1. The van der Waals surface area contributed by atoms with Crippen LogP contribution >= 0.6 is 0 Å². The van der Waals surface area contributed by atoms with Gasteiger partial charge in [-0.1, -0.05) is 18.2 Å². The number of carbonyl (C=O) groups is 2. The van der Waals surface area contributed by atoms with Crippen molar-refractivity contribution in [2.24, 2.45) is 0 Å². The number of benzene rings is 3. The molecule has 4 rings (SSSR count). The number of nitrogens with one attached hydrogen (secondary N) is 1. The molecule has 0 atom stereocenters. The van der Waals surface area contributed by atoms with Gasteiger partial charge in [0.25, 0.3) is 5.91 Å². The van der Waals surface area contributed by atoms with E-state index >= 15 is 0 Å². The van der Waals surface area contributed by atoms with Gasteiger partial charge in [-0.3, -0.25) is 4.79 Å². The highest BCUT2D eigenvalue weighted by molar-refractivity contribution is 6.08. The van der Waals surface area contributed by atoms with Gasteiger partial charge in [0.05, 0.1) is 34.1 Å². The topological polar surface area (TPSA) is 105 Å². The molecule has 0 aliphatic carbocycles. The van der Waals surface area contributed by atoms with Crippen molar-refractivity contribution in [2.45, 2.75) is 0 Å². The highest BCUT2D eigenvalue weighted by Crippen LogP contribution is 2.37. The third kappa shape index (κ3) is 5.05. The van der Waals surface area contributed by atoms with Crippen LogP contribution in [0.25, 0.3) is 28.0 Å². The quantitative estimate of drug-likeness (QED) is 0.263. The summed E-state index contributed by atoms with van der Waals surface area (Å²) in [5, 5.41) is 4.50. The Labute approximate surface area is 207 Å². The van der Waals surface area contributed by atoms with Crippen molar-refractivity contribution >= 4 is 45.6 Å². The molecule has 9 nitrogen and oxygen atoms in total. The Kier molecular flexibility index (Phi) is 7.29. The zero-order valence-electron chi connectivity index (χ0n) is 20.2. The molecule has 0 bridgehead atoms. The normalized spacial score (nSPS) is 11.0. The van der Waals surface area contributed by atoms with Crippen molar-refractivity contribution in [1.29, 1.82) is 0 Å². The molecule has 1 amide bonds. The van der Waals surface area contributed by atoms with Crippen LogP contribution in [-0.2, 0) is 14.3 Å². The summed E-state index contributed by atoms with van der Waals surface area (Å²) in [4.78, 5) is 24.7. The number of amides is 1. The van der Waals surface area contributed by atoms with E-state index in [-0.39, 0.29) is 0 Å². The Balaban J connectivity index is 1.43. The third-order valence-electron chi connectivity index (χ3n) is 5.45. The molecule has 0 spiro atoms. The second kappa shape index (κ2) is 10.7. The number of methoxy groups -OCH3 is 4. The number of hydrogen-bond acceptors (Lipinski definition) is 8. The van der Waals surface area contributed by atoms with Crippen LogP contribution in [0, 0.1) is 0 Å². The molecule has 0 aliphatic rings. The van der Waals surface area contributed by atoms with Crippen molar-refractivity contribution < 1.29 is 37.7 Å². The first-order valence-corrected chi connectivity index (χ1v) is 10.9. The van der Waals surface area contributed by atoms with Crippen molar-refractivity contribution in [3.8, 4) is 23.0 Å². The molecule has 0 saturated carbocycles. The summed E-state index contributed by atoms with van der Waals surface area (Å²) in [6, 6.07) is 14.4. The molecule has 0 fully saturated rings. The highest BCUT2D eigenvalue weighted by Gasteiger charge is 2.15. The lowest BCUT2D eigenvalue weighted by Crippen LogP contribution is -2.20. The lowest BCUT2D eigenvalue weighted by atomic mass is 10.1. The monoisotopic (exact) mass is 491 g/mol. The second-order valence-electron chi connectivity index (χ2n) is 7.59. The number of fused-ring (bicyclic) bond motifs is 3. The number of hydrogen-bond donors (Lipinski definition) is 1. The summed E-state index contributed by atoms with van der Waals surface area (Å²) in [5.41, 5.74) is 2.29. The van der Waals surface area contributed by atoms with E-state index in [4.69, 9.17) is 28.1 Å². The molecule has 186 valence electrons. The Hall–Kier alpha value is -4.66. The maximum Gasteiger partial charge on any atom is 0.331 e. The van der Waals surface area contributed by atoms with Crippen molar-refractivity contribution in [3.05, 3.63) is 60.2 Å². The van der Waals surface area contributed by atoms with Gasteiger partial charge < -0.3 is 33.4 Å². The van der Waals surface area contributed by atoms with E-state index in [9.17, 15) is 9.59 Å². The Morgan fingerprint density at radius 3 is 2.22 bits per heavy atom. The summed E-state index contributed by atoms with van der Waals surface area (Å²) in [7, 11) is 6.02. The zero-order chi connectivity index (χ0) is 25.7. The number of rotatable bonds is 9. The summed E-state index contributed by atoms with van der Waals surface area (Å²) >= 11 is 0. The minimum Gasteiger partial charge on any atom is -0.496 e. The first-order valence-electron chi connectivity index (χ1n) is 10.9. The van der Waals surface area contributed by atoms with E-state index in [0.29, 0.717) is 39.8 Å². The van der Waals surface area contributed by atoms with E-state index in [1.165, 1.54) is 40.6 Å². The van der Waals surface area contributed by atoms with Crippen LogP contribution in [0.2, 0.25) is 0 Å². The number of para-hydroxylation sites is 1. The second-order valence-corrected chi connectivity index (χ2v) is 7.59. The first kappa shape index (κ1) is 24.5. The van der Waals surface area contributed by atoms with Crippen LogP contribution in [0.4, 0.5) is 5.69 Å². The molecular formula is C27H25NO8. The van der Waals surface area contributed by atoms with Crippen molar-refractivity contribution in [3.63, 3.8) is 0 Å². The van der Waals surface area contributed by atoms with Crippen LogP contribution in [-0.4, -0.2) is 46.9 Å². The largest absolute Gasteiger partial charge is 0.496 e. The fourth-order valence-corrected chi connectivity index (χ4v) is 3.73. The highest BCUT2D eigenvalue weighted by atomic mass is 16.5. The Bertz CT molecular complexity index is 1450. The minimum atomic E-state index is -0.707. The van der Waals surface area contributed by atoms with Gasteiger partial charge in [0.1, 0.15) is 22.7 Å². The summed E-state index contributed by atoms with van der Waals surface area (Å²) < 4.78 is 32.3. The molecule has 4 aromatic rings. The number of anilines is 1. The summed E-state index contributed by atoms with van der Waals surface area (Å²) in [6.07, 6.45) is 2.69. The lowest BCUT2D eigenvalue weighted by Gasteiger charge is -2.12. The Morgan fingerprint density at radius 1 is 0.806 bits per heavy atom. The summed E-state index contributed by atoms with van der Waals surface area (Å²) in [5.74, 6) is 0.649. The molecular weight excluding hydrogens is 466 g/mol. The van der Waals surface area contributed by atoms with Crippen LogP contribution in [0.1, 0.15) is 5.56 Å². The van der Waals surface area contributed by atoms with Gasteiger partial charge >= 0.3 is 5.97 Å². The van der Waals surface area contributed by atoms with Crippen LogP contribution in [0.5, 0.6) is 23.0 Å². The van der Waals surface area contributed by atoms with Gasteiger partial charge in [-0.15, -0.1) is 0 Å². The minimum absolute atomic E-state index is 0.399. The number of furan rings is 1. The first-order chi connectivity index (χ1) is 17.5. The van der Waals surface area contributed by atoms with Gasteiger partial charge in [-0.05, 0) is 24.3 Å². The fraction of sp³-hybridized carbons (Fsp3) is 0.185. The van der Waals surface area contributed by atoms with Gasteiger partial charge in [-0.2, -0.15) is 0 Å². The van der Waals surface area contributed by atoms with E-state index in [1.807, 2.05) is 24.3 Å². The van der Waals surface area contributed by atoms with E-state index < -0.39 is 18.5 Å². The van der Waals surface area contributed by atoms with Crippen molar-refractivity contribution in [2.75, 3.05) is 40.4 Å². The molecule has 0 aliphatic heterocycles. The molecule has 0 unspecified atom stereocenters. The lowest BCUT2D eigenvalue weighted by molar-refractivity contribution is -0.142. The van der Waals surface area contributed by atoms with Crippen LogP contribution in [0.15, 0.2) is 59.0 Å². The predicted molar refractivity (Wildman–Crippen MR) is 135 cm³/mol. The van der Waals surface area contributed by atoms with E-state index in [0.717, 1.165) is 16.4 Å². The predicted octanol–water partition coefficient (Wildman–Crippen LogP) is 4.82. The van der Waals surface area contributed by atoms with Gasteiger partial charge in [-0.25, -0.2) is 4.79 Å². The maximum absolute atomic E-state index is 12.5. The van der Waals surface area contributed by atoms with Gasteiger partial charge in [0.15, 0.2) is 18.1 Å². The maximum atomic E-state index is 12.5. The van der Waals surface area contributed by atoms with Gasteiger partial charge in [0.2, 0.25) is 0 Å². The Morgan fingerprint density at radius 2 is 1.50 bits per heavy atom. The standard InChI is InChI=1S/C27H25NO8/c1-31-21-14-25(34-4)24(33-3)11-16(21)9-10-27(30)35-15-26(29)28-19-13-22-18(12-23(19)32-2)17-7-5-6-8-20(17)36-22/h5-14H,15H2,1-4H3,(H,28,29)/b10-9+. The van der Waals surface area contributed by atoms with Gasteiger partial charge in [0, 0.05) is 34.5 Å². The number of ether oxygens (including phenoxy) is 5. The van der Waals surface area contributed by atoms with Crippen LogP contribution < -0.4 is 24.3 Å². The molecule has 36 heavy (non-hydrogen) atoms. The molecule has 3 aromatic carbocycles. The SMILES string of the molecule is COc1cc(OC)c(OC)cc1/C=C/C(=O)OCC(=O)Nc1cc2oc3ccccc3c2cc1OC. The summed E-state index contributed by atoms with van der Waals surface area (Å²) in [6.45, 7) is -0.492. The van der Waals surface area contributed by atoms with Crippen molar-refractivity contribution in [1.82, 2.24) is 0 Å². The molecule has 1 aromatic heterocycles. The molecule has 9 heteroatoms. The fourth-order valence-electron chi connectivity index (χ4n) is 3.73. The van der Waals surface area contributed by atoms with E-state index in [1.54, 1.807) is 24.3 Å². The van der Waals surface area contributed by atoms with Crippen LogP contribution in [0.3, 0.4) is 0 Å². The van der Waals surface area contributed by atoms with E-state index in [2.05, 4.69) is 5.32 Å².